The Bertz CT molecular complexity index is 802. The number of nitrogens with one attached hydrogen (secondary N) is 2. The molecule has 1 aromatic carbocycles. The highest BCUT2D eigenvalue weighted by Crippen LogP contribution is 2.36. The van der Waals surface area contributed by atoms with Crippen molar-refractivity contribution in [2.45, 2.75) is 25.0 Å². The number of thioether (sulfide) groups is 1. The molecule has 0 atom stereocenters. The summed E-state index contributed by atoms with van der Waals surface area (Å²) in [6.07, 6.45) is -3.54. The molecule has 0 aliphatic carbocycles. The van der Waals surface area contributed by atoms with E-state index in [1.165, 1.54) is 0 Å². The van der Waals surface area contributed by atoms with Gasteiger partial charge in [0.1, 0.15) is 5.03 Å². The fourth-order valence-electron chi connectivity index (χ4n) is 2.55. The lowest BCUT2D eigenvalue weighted by atomic mass is 10.1. The molecule has 4 nitrogen and oxygen atoms in total. The maximum atomic E-state index is 13.5. The first kappa shape index (κ1) is 21.2. The van der Waals surface area contributed by atoms with Gasteiger partial charge in [-0.3, -0.25) is 4.79 Å². The second-order valence-electron chi connectivity index (χ2n) is 6.56. The Hall–Kier alpha value is -2.06. The number of amides is 1. The molecule has 0 spiro atoms. The number of nitrogens with zero attached hydrogens (tertiary/aromatic N) is 1. The van der Waals surface area contributed by atoms with Crippen LogP contribution in [0.1, 0.15) is 27.0 Å². The summed E-state index contributed by atoms with van der Waals surface area (Å²) >= 11 is 1.16. The maximum absolute atomic E-state index is 13.5. The van der Waals surface area contributed by atoms with Crippen LogP contribution >= 0.6 is 11.8 Å². The molecule has 2 N–H and O–H groups in total. The van der Waals surface area contributed by atoms with Crippen LogP contribution in [0.25, 0.3) is 0 Å². The molecule has 0 radical (unpaired) electrons. The zero-order chi connectivity index (χ0) is 20.2. The molecule has 1 aromatic heterocycles. The highest BCUT2D eigenvalue weighted by Gasteiger charge is 2.37. The van der Waals surface area contributed by atoms with Crippen LogP contribution in [0.15, 0.2) is 35.5 Å². The van der Waals surface area contributed by atoms with E-state index in [9.17, 15) is 18.0 Å². The Balaban J connectivity index is 2.43. The number of benzene rings is 1. The van der Waals surface area contributed by atoms with Crippen molar-refractivity contribution >= 4 is 23.4 Å². The second kappa shape index (κ2) is 8.75. The van der Waals surface area contributed by atoms with Gasteiger partial charge in [-0.2, -0.15) is 13.2 Å². The molecule has 8 heteroatoms. The lowest BCUT2D eigenvalue weighted by Gasteiger charge is -2.17. The van der Waals surface area contributed by atoms with E-state index in [0.717, 1.165) is 46.6 Å². The van der Waals surface area contributed by atoms with Gasteiger partial charge < -0.3 is 10.2 Å². The van der Waals surface area contributed by atoms with Gasteiger partial charge in [-0.15, -0.1) is 0 Å². The molecule has 0 saturated carbocycles. The fraction of sp³-hybridized carbons (Fsp3) is 0.368. The highest BCUT2D eigenvalue weighted by molar-refractivity contribution is 7.99. The van der Waals surface area contributed by atoms with E-state index < -0.39 is 23.2 Å². The van der Waals surface area contributed by atoms with Gasteiger partial charge in [-0.1, -0.05) is 30.0 Å². The summed E-state index contributed by atoms with van der Waals surface area (Å²) in [5.41, 5.74) is 0.693. The molecule has 1 heterocycles. The molecule has 0 saturated heterocycles. The second-order valence-corrected chi connectivity index (χ2v) is 7.65. The van der Waals surface area contributed by atoms with E-state index >= 15 is 0 Å². The van der Waals surface area contributed by atoms with Gasteiger partial charge in [0.05, 0.1) is 31.8 Å². The minimum Gasteiger partial charge on any atom is -0.339 e. The number of anilines is 1. The number of aryl methyl sites for hydroxylation is 2. The number of para-hydroxylation sites is 1. The molecule has 0 aliphatic rings. The Morgan fingerprint density at radius 3 is 2.37 bits per heavy atom. The van der Waals surface area contributed by atoms with Gasteiger partial charge in [0.25, 0.3) is 5.91 Å². The quantitative estimate of drug-likeness (QED) is 0.735. The number of alkyl halides is 3. The standard InChI is InChI=1S/C19H22F3N3OS/c1-12-6-5-7-13(2)16(12)24-17(26)15-14(19(20,21)22)8-9-23-18(15)27-11-10-25(3)4/h5-9H,10-11H2,1-4H3,(H,24,26)/p+1. The van der Waals surface area contributed by atoms with Crippen LogP contribution in [0.5, 0.6) is 0 Å². The molecule has 0 aliphatic heterocycles. The molecule has 0 bridgehead atoms. The van der Waals surface area contributed by atoms with Crippen LogP contribution < -0.4 is 10.2 Å². The minimum absolute atomic E-state index is 0.0924. The average molecular weight is 398 g/mol. The third-order valence-electron chi connectivity index (χ3n) is 4.01. The van der Waals surface area contributed by atoms with Gasteiger partial charge in [0.2, 0.25) is 0 Å². The van der Waals surface area contributed by atoms with E-state index in [-0.39, 0.29) is 5.03 Å². The van der Waals surface area contributed by atoms with E-state index in [2.05, 4.69) is 10.3 Å². The zero-order valence-corrected chi connectivity index (χ0v) is 16.5. The molecule has 0 unspecified atom stereocenters. The Labute approximate surface area is 161 Å². The van der Waals surface area contributed by atoms with Crippen molar-refractivity contribution in [3.63, 3.8) is 0 Å². The molecule has 146 valence electrons. The van der Waals surface area contributed by atoms with Crippen LogP contribution in [0.3, 0.4) is 0 Å². The number of halogens is 3. The predicted molar refractivity (Wildman–Crippen MR) is 102 cm³/mol. The normalized spacial score (nSPS) is 11.7. The number of hydrogen-bond acceptors (Lipinski definition) is 3. The summed E-state index contributed by atoms with van der Waals surface area (Å²) in [7, 11) is 3.91. The highest BCUT2D eigenvalue weighted by atomic mass is 32.2. The first-order valence-corrected chi connectivity index (χ1v) is 9.45. The lowest BCUT2D eigenvalue weighted by molar-refractivity contribution is -0.855. The SMILES string of the molecule is Cc1cccc(C)c1NC(=O)c1c(C(F)(F)F)ccnc1SCC[NH+](C)C. The average Bonchev–Trinajstić information content (AvgIpc) is 2.57. The van der Waals surface area contributed by atoms with Crippen molar-refractivity contribution in [2.24, 2.45) is 0 Å². The molecular formula is C19H23F3N3OS+. The van der Waals surface area contributed by atoms with Crippen LogP contribution in [0.4, 0.5) is 18.9 Å². The molecule has 0 fully saturated rings. The van der Waals surface area contributed by atoms with Gasteiger partial charge in [-0.25, -0.2) is 4.98 Å². The lowest BCUT2D eigenvalue weighted by Crippen LogP contribution is -3.06. The molecule has 2 aromatic rings. The number of rotatable bonds is 6. The van der Waals surface area contributed by atoms with E-state index in [0.29, 0.717) is 11.4 Å². The monoisotopic (exact) mass is 398 g/mol. The maximum Gasteiger partial charge on any atom is 0.417 e. The molecule has 1 amide bonds. The van der Waals surface area contributed by atoms with E-state index in [1.807, 2.05) is 20.2 Å². The first-order chi connectivity index (χ1) is 12.6. The number of pyridine rings is 1. The Morgan fingerprint density at radius 2 is 1.81 bits per heavy atom. The van der Waals surface area contributed by atoms with Crippen LogP contribution in [0.2, 0.25) is 0 Å². The van der Waals surface area contributed by atoms with Crippen molar-refractivity contribution in [3.8, 4) is 0 Å². The summed E-state index contributed by atoms with van der Waals surface area (Å²) in [6.45, 7) is 4.33. The number of quaternary nitrogens is 1. The van der Waals surface area contributed by atoms with Crippen LogP contribution in [-0.2, 0) is 6.18 Å². The van der Waals surface area contributed by atoms with E-state index in [1.54, 1.807) is 26.0 Å². The summed E-state index contributed by atoms with van der Waals surface area (Å²) in [5, 5.41) is 2.74. The smallest absolute Gasteiger partial charge is 0.339 e. The Kier molecular flexibility index (Phi) is 6.89. The molecule has 27 heavy (non-hydrogen) atoms. The number of hydrogen-bond donors (Lipinski definition) is 2. The third-order valence-corrected chi connectivity index (χ3v) is 5.00. The number of carbonyl (C=O) groups excluding carboxylic acids is 1. The molecule has 2 rings (SSSR count). The minimum atomic E-state index is -4.64. The van der Waals surface area contributed by atoms with Crippen LogP contribution in [0, 0.1) is 13.8 Å². The summed E-state index contributed by atoms with van der Waals surface area (Å²) in [6, 6.07) is 6.27. The van der Waals surface area contributed by atoms with Gasteiger partial charge in [-0.05, 0) is 31.0 Å². The van der Waals surface area contributed by atoms with Crippen molar-refractivity contribution in [1.82, 2.24) is 4.98 Å². The van der Waals surface area contributed by atoms with Crippen molar-refractivity contribution in [1.29, 1.82) is 0 Å². The predicted octanol–water partition coefficient (Wildman–Crippen LogP) is 3.21. The van der Waals surface area contributed by atoms with Gasteiger partial charge in [0, 0.05) is 17.6 Å². The largest absolute Gasteiger partial charge is 0.417 e. The number of carbonyl (C=O) groups is 1. The van der Waals surface area contributed by atoms with E-state index in [4.69, 9.17) is 0 Å². The molecular weight excluding hydrogens is 375 g/mol. The fourth-order valence-corrected chi connectivity index (χ4v) is 3.73. The third kappa shape index (κ3) is 5.46. The van der Waals surface area contributed by atoms with Gasteiger partial charge >= 0.3 is 6.18 Å². The zero-order valence-electron chi connectivity index (χ0n) is 15.7. The topological polar surface area (TPSA) is 46.4 Å². The van der Waals surface area contributed by atoms with Crippen LogP contribution in [-0.4, -0.2) is 37.3 Å². The van der Waals surface area contributed by atoms with Crippen molar-refractivity contribution < 1.29 is 22.9 Å². The summed E-state index contributed by atoms with van der Waals surface area (Å²) < 4.78 is 40.5. The number of aromatic nitrogens is 1. The van der Waals surface area contributed by atoms with Gasteiger partial charge in [0.15, 0.2) is 0 Å². The first-order valence-electron chi connectivity index (χ1n) is 8.47. The Morgan fingerprint density at radius 1 is 1.19 bits per heavy atom. The van der Waals surface area contributed by atoms with Crippen molar-refractivity contribution in [2.75, 3.05) is 31.7 Å². The summed E-state index contributed by atoms with van der Waals surface area (Å²) in [4.78, 5) is 18.0. The summed E-state index contributed by atoms with van der Waals surface area (Å²) in [5.74, 6) is -0.243. The van der Waals surface area contributed by atoms with Crippen molar-refractivity contribution in [3.05, 3.63) is 52.7 Å².